The van der Waals surface area contributed by atoms with E-state index in [4.69, 9.17) is 4.74 Å². The van der Waals surface area contributed by atoms with E-state index in [9.17, 15) is 14.4 Å². The van der Waals surface area contributed by atoms with E-state index in [1.54, 1.807) is 16.0 Å². The average molecular weight is 507 g/mol. The second-order valence-corrected chi connectivity index (χ2v) is 9.84. The molecule has 0 saturated carbocycles. The van der Waals surface area contributed by atoms with Gasteiger partial charge in [-0.3, -0.25) is 4.79 Å². The maximum atomic E-state index is 12.9. The van der Waals surface area contributed by atoms with E-state index in [0.29, 0.717) is 45.6 Å². The molecule has 3 fully saturated rings. The summed E-state index contributed by atoms with van der Waals surface area (Å²) in [5, 5.41) is 3.09. The van der Waals surface area contributed by atoms with Crippen LogP contribution < -0.4 is 10.2 Å². The summed E-state index contributed by atoms with van der Waals surface area (Å²) in [5.41, 5.74) is 0.955. The molecule has 1 aromatic carbocycles. The van der Waals surface area contributed by atoms with E-state index in [2.05, 4.69) is 15.2 Å². The first-order valence-electron chi connectivity index (χ1n) is 13.0. The van der Waals surface area contributed by atoms with Gasteiger partial charge in [0.1, 0.15) is 19.0 Å². The molecule has 3 aliphatic rings. The average Bonchev–Trinajstić information content (AvgIpc) is 3.41. The van der Waals surface area contributed by atoms with E-state index in [1.165, 1.54) is 0 Å². The van der Waals surface area contributed by atoms with E-state index < -0.39 is 0 Å². The molecule has 0 radical (unpaired) electrons. The monoisotopic (exact) mass is 506 g/mol. The van der Waals surface area contributed by atoms with E-state index in [1.807, 2.05) is 53.4 Å². The van der Waals surface area contributed by atoms with Crippen LogP contribution in [0.1, 0.15) is 24.8 Å². The van der Waals surface area contributed by atoms with Gasteiger partial charge in [0, 0.05) is 57.5 Å². The van der Waals surface area contributed by atoms with Crippen LogP contribution >= 0.6 is 0 Å². The van der Waals surface area contributed by atoms with Gasteiger partial charge in [0.2, 0.25) is 5.91 Å². The number of ether oxygens (including phenoxy) is 1. The highest BCUT2D eigenvalue weighted by molar-refractivity contribution is 5.85. The summed E-state index contributed by atoms with van der Waals surface area (Å²) in [6.07, 6.45) is 3.73. The van der Waals surface area contributed by atoms with Crippen molar-refractivity contribution in [3.8, 4) is 0 Å². The smallest absolute Gasteiger partial charge is 0.410 e. The molecule has 1 unspecified atom stereocenters. The molecule has 1 N–H and O–H groups in total. The van der Waals surface area contributed by atoms with Crippen LogP contribution in [0.2, 0.25) is 0 Å². The second kappa shape index (κ2) is 11.5. The SMILES string of the molecule is O=C(NC1CCN(c2ccccn2)C1)N1CCN(C2CCN(C(=O)OCc3ccccc3)CC2)C(=O)C1. The Morgan fingerprint density at radius 1 is 0.919 bits per heavy atom. The number of carbonyl (C=O) groups is 3. The molecule has 4 amide bonds. The molecule has 0 bridgehead atoms. The number of urea groups is 1. The summed E-state index contributed by atoms with van der Waals surface area (Å²) >= 11 is 0. The van der Waals surface area contributed by atoms with Gasteiger partial charge in [-0.2, -0.15) is 0 Å². The molecule has 1 atom stereocenters. The summed E-state index contributed by atoms with van der Waals surface area (Å²) in [7, 11) is 0. The van der Waals surface area contributed by atoms with Crippen molar-refractivity contribution >= 4 is 23.8 Å². The van der Waals surface area contributed by atoms with Crippen LogP contribution in [0.4, 0.5) is 15.4 Å². The molecule has 1 aromatic heterocycles. The normalized spacial score (nSPS) is 20.8. The fourth-order valence-electron chi connectivity index (χ4n) is 5.31. The summed E-state index contributed by atoms with van der Waals surface area (Å²) < 4.78 is 5.44. The van der Waals surface area contributed by atoms with Gasteiger partial charge >= 0.3 is 12.1 Å². The van der Waals surface area contributed by atoms with Crippen LogP contribution in [-0.4, -0.2) is 95.6 Å². The first kappa shape index (κ1) is 24.9. The zero-order chi connectivity index (χ0) is 25.6. The molecular weight excluding hydrogens is 472 g/mol. The molecule has 0 aliphatic carbocycles. The number of nitrogens with one attached hydrogen (secondary N) is 1. The van der Waals surface area contributed by atoms with Gasteiger partial charge in [0.15, 0.2) is 0 Å². The summed E-state index contributed by atoms with van der Waals surface area (Å²) in [5.74, 6) is 0.881. The van der Waals surface area contributed by atoms with E-state index >= 15 is 0 Å². The van der Waals surface area contributed by atoms with Gasteiger partial charge in [-0.1, -0.05) is 36.4 Å². The Balaban J connectivity index is 1.04. The number of piperidine rings is 1. The van der Waals surface area contributed by atoms with Crippen LogP contribution in [-0.2, 0) is 16.1 Å². The number of amides is 4. The van der Waals surface area contributed by atoms with E-state index in [-0.39, 0.29) is 43.3 Å². The third-order valence-corrected chi connectivity index (χ3v) is 7.40. The molecule has 3 saturated heterocycles. The minimum atomic E-state index is -0.316. The lowest BCUT2D eigenvalue weighted by molar-refractivity contribution is -0.138. The lowest BCUT2D eigenvalue weighted by Crippen LogP contribution is -2.59. The van der Waals surface area contributed by atoms with Gasteiger partial charge < -0.3 is 29.7 Å². The minimum Gasteiger partial charge on any atom is -0.445 e. The number of benzene rings is 1. The molecule has 4 heterocycles. The number of rotatable bonds is 5. The maximum Gasteiger partial charge on any atom is 0.410 e. The summed E-state index contributed by atoms with van der Waals surface area (Å²) in [4.78, 5) is 50.0. The molecule has 37 heavy (non-hydrogen) atoms. The van der Waals surface area contributed by atoms with Crippen LogP contribution in [0.3, 0.4) is 0 Å². The zero-order valence-corrected chi connectivity index (χ0v) is 21.0. The number of nitrogens with zero attached hydrogens (tertiary/aromatic N) is 5. The first-order chi connectivity index (χ1) is 18.1. The largest absolute Gasteiger partial charge is 0.445 e. The van der Waals surface area contributed by atoms with Crippen molar-refractivity contribution in [3.05, 3.63) is 60.3 Å². The molecule has 2 aromatic rings. The number of aromatic nitrogens is 1. The van der Waals surface area contributed by atoms with Crippen LogP contribution in [0.15, 0.2) is 54.7 Å². The third-order valence-electron chi connectivity index (χ3n) is 7.40. The minimum absolute atomic E-state index is 0.0342. The van der Waals surface area contributed by atoms with Crippen molar-refractivity contribution in [1.82, 2.24) is 25.0 Å². The van der Waals surface area contributed by atoms with Gasteiger partial charge in [0.25, 0.3) is 0 Å². The topological polar surface area (TPSA) is 98.3 Å². The zero-order valence-electron chi connectivity index (χ0n) is 21.0. The Labute approximate surface area is 217 Å². The number of carbonyl (C=O) groups excluding carboxylic acids is 3. The van der Waals surface area contributed by atoms with Gasteiger partial charge in [-0.15, -0.1) is 0 Å². The first-order valence-corrected chi connectivity index (χ1v) is 13.0. The number of piperazine rings is 1. The van der Waals surface area contributed by atoms with Gasteiger partial charge in [-0.05, 0) is 37.0 Å². The van der Waals surface area contributed by atoms with Gasteiger partial charge in [-0.25, -0.2) is 14.6 Å². The van der Waals surface area contributed by atoms with E-state index in [0.717, 1.165) is 24.3 Å². The quantitative estimate of drug-likeness (QED) is 0.669. The molecule has 196 valence electrons. The number of hydrogen-bond donors (Lipinski definition) is 1. The number of anilines is 1. The molecule has 3 aliphatic heterocycles. The lowest BCUT2D eigenvalue weighted by Gasteiger charge is -2.42. The van der Waals surface area contributed by atoms with Crippen LogP contribution in [0, 0.1) is 0 Å². The fraction of sp³-hybridized carbons (Fsp3) is 0.481. The molecule has 0 spiro atoms. The van der Waals surface area contributed by atoms with Crippen molar-refractivity contribution in [2.75, 3.05) is 50.7 Å². The fourth-order valence-corrected chi connectivity index (χ4v) is 5.31. The standard InChI is InChI=1S/C27H34N6O4/c34-25-19-32(26(35)29-22-9-13-31(18-22)24-8-4-5-12-28-24)16-17-33(25)23-10-14-30(15-11-23)27(36)37-20-21-6-2-1-3-7-21/h1-8,12,22-23H,9-11,13-20H2,(H,29,35). The Bertz CT molecular complexity index is 1080. The lowest BCUT2D eigenvalue weighted by atomic mass is 10.0. The highest BCUT2D eigenvalue weighted by atomic mass is 16.6. The summed E-state index contributed by atoms with van der Waals surface area (Å²) in [6.45, 7) is 4.03. The predicted molar refractivity (Wildman–Crippen MR) is 138 cm³/mol. The van der Waals surface area contributed by atoms with Crippen molar-refractivity contribution < 1.29 is 19.1 Å². The Kier molecular flexibility index (Phi) is 7.72. The van der Waals surface area contributed by atoms with Gasteiger partial charge in [0.05, 0.1) is 0 Å². The summed E-state index contributed by atoms with van der Waals surface area (Å²) in [6, 6.07) is 15.4. The molecule has 5 rings (SSSR count). The predicted octanol–water partition coefficient (Wildman–Crippen LogP) is 2.32. The number of hydrogen-bond acceptors (Lipinski definition) is 6. The van der Waals surface area contributed by atoms with Crippen LogP contribution in [0.25, 0.3) is 0 Å². The molecular formula is C27H34N6O4. The highest BCUT2D eigenvalue weighted by Crippen LogP contribution is 2.21. The van der Waals surface area contributed by atoms with Crippen molar-refractivity contribution in [1.29, 1.82) is 0 Å². The van der Waals surface area contributed by atoms with Crippen molar-refractivity contribution in [2.24, 2.45) is 0 Å². The second-order valence-electron chi connectivity index (χ2n) is 9.84. The maximum absolute atomic E-state index is 12.9. The highest BCUT2D eigenvalue weighted by Gasteiger charge is 2.35. The Morgan fingerprint density at radius 2 is 1.70 bits per heavy atom. The third kappa shape index (κ3) is 6.12. The number of pyridine rings is 1. The Morgan fingerprint density at radius 3 is 2.43 bits per heavy atom. The van der Waals surface area contributed by atoms with Crippen LogP contribution in [0.5, 0.6) is 0 Å². The van der Waals surface area contributed by atoms with Crippen molar-refractivity contribution in [3.63, 3.8) is 0 Å². The number of likely N-dealkylation sites (tertiary alicyclic amines) is 1. The molecule has 10 nitrogen and oxygen atoms in total. The Hall–Kier alpha value is -3.82. The van der Waals surface area contributed by atoms with Crippen molar-refractivity contribution in [2.45, 2.75) is 38.0 Å². The molecule has 10 heteroatoms.